The maximum Gasteiger partial charge on any atom is 0.307 e. The van der Waals surface area contributed by atoms with Crippen molar-refractivity contribution in [1.29, 1.82) is 0 Å². The van der Waals surface area contributed by atoms with Gasteiger partial charge in [-0.15, -0.1) is 0 Å². The average molecular weight is 672 g/mol. The highest BCUT2D eigenvalue weighted by Gasteiger charge is 2.13. The minimum Gasteiger partial charge on any atom is -0.494 e. The number of aromatic hydroxyl groups is 1. The van der Waals surface area contributed by atoms with E-state index < -0.39 is 0 Å². The number of benzene rings is 4. The fourth-order valence-electron chi connectivity index (χ4n) is 5.05. The highest BCUT2D eigenvalue weighted by Crippen LogP contribution is 2.32. The van der Waals surface area contributed by atoms with Gasteiger partial charge in [0, 0.05) is 35.9 Å². The van der Waals surface area contributed by atoms with E-state index >= 15 is 0 Å². The maximum atomic E-state index is 11.4. The predicted molar refractivity (Wildman–Crippen MR) is 188 cm³/mol. The zero-order valence-corrected chi connectivity index (χ0v) is 27.6. The molecule has 0 spiro atoms. The van der Waals surface area contributed by atoms with Crippen molar-refractivity contribution in [2.45, 2.75) is 26.9 Å². The average Bonchev–Trinajstić information content (AvgIpc) is 3.51. The van der Waals surface area contributed by atoms with Gasteiger partial charge in [0.05, 0.1) is 15.9 Å². The fraction of sp³-hybridized carbons (Fsp3) is 0.147. The number of aromatic amines is 1. The fourth-order valence-corrected chi connectivity index (χ4v) is 6.15. The van der Waals surface area contributed by atoms with Gasteiger partial charge < -0.3 is 29.8 Å². The van der Waals surface area contributed by atoms with Crippen molar-refractivity contribution in [3.8, 4) is 23.1 Å². The van der Waals surface area contributed by atoms with Gasteiger partial charge in [0.25, 0.3) is 0 Å². The minimum atomic E-state index is -0.272. The summed E-state index contributed by atoms with van der Waals surface area (Å²) in [7, 11) is 1.95. The van der Waals surface area contributed by atoms with Gasteiger partial charge in [-0.2, -0.15) is 0 Å². The Morgan fingerprint density at radius 3 is 2.35 bits per heavy atom. The molecular formula is C34H30ClN5O4S2. The van der Waals surface area contributed by atoms with Crippen molar-refractivity contribution in [1.82, 2.24) is 14.5 Å². The van der Waals surface area contributed by atoms with Crippen LogP contribution < -0.4 is 25.0 Å². The van der Waals surface area contributed by atoms with E-state index in [1.165, 1.54) is 0 Å². The van der Waals surface area contributed by atoms with E-state index in [0.29, 0.717) is 38.7 Å². The molecule has 234 valence electrons. The number of thiazole rings is 1. The first kappa shape index (κ1) is 31.2. The Labute approximate surface area is 279 Å². The summed E-state index contributed by atoms with van der Waals surface area (Å²) in [5.74, 6) is 2.79. The molecule has 9 nitrogen and oxygen atoms in total. The van der Waals surface area contributed by atoms with Gasteiger partial charge in [0.2, 0.25) is 5.88 Å². The van der Waals surface area contributed by atoms with Crippen molar-refractivity contribution in [3.63, 3.8) is 0 Å². The van der Waals surface area contributed by atoms with Crippen LogP contribution in [0.5, 0.6) is 23.1 Å². The summed E-state index contributed by atoms with van der Waals surface area (Å²) in [5.41, 5.74) is 6.45. The van der Waals surface area contributed by atoms with E-state index in [2.05, 4.69) is 15.6 Å². The molecule has 2 aromatic heterocycles. The quantitative estimate of drug-likeness (QED) is 0.114. The number of hydrogen-bond acceptors (Lipinski definition) is 7. The lowest BCUT2D eigenvalue weighted by molar-refractivity contribution is 0.292. The first-order valence-corrected chi connectivity index (χ1v) is 15.9. The van der Waals surface area contributed by atoms with Gasteiger partial charge in [0.15, 0.2) is 5.11 Å². The molecule has 0 saturated carbocycles. The first-order chi connectivity index (χ1) is 22.1. The second-order valence-electron chi connectivity index (χ2n) is 10.8. The SMILES string of the molecule is Cc1cc(Oc2ccc3nc(COc4ccc(Cc5sc(=O)[nH]c5O)cc4)n(C)c3c2)cc(C)c1NC(=S)Nc1ccc(Cl)cc1. The number of hydrogen-bond donors (Lipinski definition) is 4. The third-order valence-electron chi connectivity index (χ3n) is 7.38. The third kappa shape index (κ3) is 7.17. The van der Waals surface area contributed by atoms with Crippen LogP contribution in [0.1, 0.15) is 27.4 Å². The molecule has 6 aromatic rings. The number of imidazole rings is 1. The molecule has 0 amide bonds. The molecule has 0 atom stereocenters. The van der Waals surface area contributed by atoms with Crippen molar-refractivity contribution in [2.24, 2.45) is 7.05 Å². The Kier molecular flexibility index (Phi) is 8.98. The van der Waals surface area contributed by atoms with Crippen LogP contribution in [0.25, 0.3) is 11.0 Å². The number of halogens is 1. The lowest BCUT2D eigenvalue weighted by Crippen LogP contribution is -2.20. The van der Waals surface area contributed by atoms with Crippen LogP contribution in [-0.4, -0.2) is 24.8 Å². The minimum absolute atomic E-state index is 0.0777. The van der Waals surface area contributed by atoms with Crippen molar-refractivity contribution in [2.75, 3.05) is 10.6 Å². The van der Waals surface area contributed by atoms with Gasteiger partial charge in [-0.1, -0.05) is 35.1 Å². The molecule has 12 heteroatoms. The molecule has 4 aromatic carbocycles. The molecule has 0 unspecified atom stereocenters. The highest BCUT2D eigenvalue weighted by atomic mass is 35.5. The molecule has 4 N–H and O–H groups in total. The van der Waals surface area contributed by atoms with Crippen molar-refractivity contribution >= 4 is 62.7 Å². The summed E-state index contributed by atoms with van der Waals surface area (Å²) < 4.78 is 14.3. The normalized spacial score (nSPS) is 11.0. The summed E-state index contributed by atoms with van der Waals surface area (Å²) in [4.78, 5) is 18.9. The Morgan fingerprint density at radius 1 is 0.978 bits per heavy atom. The van der Waals surface area contributed by atoms with E-state index in [4.69, 9.17) is 38.3 Å². The Hall–Kier alpha value is -4.84. The Bertz CT molecular complexity index is 2080. The number of rotatable bonds is 9. The van der Waals surface area contributed by atoms with Crippen LogP contribution in [0.15, 0.2) is 83.7 Å². The number of fused-ring (bicyclic) bond motifs is 1. The zero-order chi connectivity index (χ0) is 32.4. The predicted octanol–water partition coefficient (Wildman–Crippen LogP) is 8.07. The lowest BCUT2D eigenvalue weighted by Gasteiger charge is -2.17. The molecule has 0 aliphatic carbocycles. The van der Waals surface area contributed by atoms with Crippen LogP contribution in [-0.2, 0) is 20.1 Å². The Morgan fingerprint density at radius 2 is 1.67 bits per heavy atom. The van der Waals surface area contributed by atoms with Crippen molar-refractivity contribution < 1.29 is 14.6 Å². The first-order valence-electron chi connectivity index (χ1n) is 14.3. The lowest BCUT2D eigenvalue weighted by atomic mass is 10.1. The van der Waals surface area contributed by atoms with Crippen LogP contribution >= 0.6 is 35.2 Å². The number of aryl methyl sites for hydroxylation is 3. The van der Waals surface area contributed by atoms with Crippen LogP contribution in [0, 0.1) is 13.8 Å². The molecule has 0 aliphatic rings. The smallest absolute Gasteiger partial charge is 0.307 e. The summed E-state index contributed by atoms with van der Waals surface area (Å²) in [5, 5.41) is 17.5. The van der Waals surface area contributed by atoms with E-state index in [9.17, 15) is 9.90 Å². The molecule has 0 radical (unpaired) electrons. The number of thiocarbonyl (C=S) groups is 1. The standard InChI is InChI=1S/C34H30ClN5O4S2/c1-19-14-26(15-20(2)31(19)38-33(45)36-23-8-6-22(35)7-9-23)44-25-12-13-27-28(17-25)40(3)30(37-27)18-43-24-10-4-21(5-11-24)16-29-32(41)39-34(42)46-29/h4-15,17,41H,16,18H2,1-3H3,(H,39,42)(H2,36,38,45). The third-order valence-corrected chi connectivity index (χ3v) is 8.71. The number of aromatic nitrogens is 3. The van der Waals surface area contributed by atoms with Gasteiger partial charge in [-0.05, 0) is 103 Å². The van der Waals surface area contributed by atoms with E-state index in [1.54, 1.807) is 12.1 Å². The second-order valence-corrected chi connectivity index (χ2v) is 12.7. The summed E-state index contributed by atoms with van der Waals surface area (Å²) in [6, 6.07) is 24.7. The summed E-state index contributed by atoms with van der Waals surface area (Å²) in [6.45, 7) is 4.30. The molecular weight excluding hydrogens is 642 g/mol. The summed E-state index contributed by atoms with van der Waals surface area (Å²) in [6.07, 6.45) is 0.460. The second kappa shape index (κ2) is 13.3. The largest absolute Gasteiger partial charge is 0.494 e. The van der Waals surface area contributed by atoms with E-state index in [-0.39, 0.29) is 17.4 Å². The molecule has 0 bridgehead atoms. The van der Waals surface area contributed by atoms with Gasteiger partial charge >= 0.3 is 4.87 Å². The highest BCUT2D eigenvalue weighted by molar-refractivity contribution is 7.80. The maximum absolute atomic E-state index is 11.4. The Balaban J connectivity index is 1.09. The van der Waals surface area contributed by atoms with E-state index in [0.717, 1.165) is 56.3 Å². The molecule has 0 aliphatic heterocycles. The van der Waals surface area contributed by atoms with E-state index in [1.807, 2.05) is 92.2 Å². The number of nitrogens with one attached hydrogen (secondary N) is 3. The monoisotopic (exact) mass is 671 g/mol. The van der Waals surface area contributed by atoms with Crippen LogP contribution in [0.4, 0.5) is 11.4 Å². The van der Waals surface area contributed by atoms with Crippen LogP contribution in [0.2, 0.25) is 5.02 Å². The van der Waals surface area contributed by atoms with Gasteiger partial charge in [-0.3, -0.25) is 9.78 Å². The molecule has 0 saturated heterocycles. The molecule has 2 heterocycles. The zero-order valence-electron chi connectivity index (χ0n) is 25.2. The van der Waals surface area contributed by atoms with Gasteiger partial charge in [0.1, 0.15) is 29.7 Å². The molecule has 0 fully saturated rings. The van der Waals surface area contributed by atoms with Crippen LogP contribution in [0.3, 0.4) is 0 Å². The topological polar surface area (TPSA) is 113 Å². The molecule has 6 rings (SSSR count). The number of anilines is 2. The molecule has 46 heavy (non-hydrogen) atoms. The van der Waals surface area contributed by atoms with Crippen molar-refractivity contribution in [3.05, 3.63) is 121 Å². The summed E-state index contributed by atoms with van der Waals surface area (Å²) >= 11 is 12.5. The number of nitrogens with zero attached hydrogens (tertiary/aromatic N) is 2. The number of H-pyrrole nitrogens is 1. The number of ether oxygens (including phenoxy) is 2. The van der Waals surface area contributed by atoms with Gasteiger partial charge in [-0.25, -0.2) is 4.98 Å².